The summed E-state index contributed by atoms with van der Waals surface area (Å²) in [7, 11) is 0. The monoisotopic (exact) mass is 112 g/mol. The van der Waals surface area contributed by atoms with Crippen LogP contribution in [0.4, 0.5) is 0 Å². The van der Waals surface area contributed by atoms with Crippen molar-refractivity contribution >= 4 is 0 Å². The van der Waals surface area contributed by atoms with E-state index in [2.05, 4.69) is 11.7 Å². The van der Waals surface area contributed by atoms with Gasteiger partial charge >= 0.3 is 0 Å². The van der Waals surface area contributed by atoms with Crippen molar-refractivity contribution < 1.29 is 4.74 Å². The van der Waals surface area contributed by atoms with Crippen molar-refractivity contribution in [2.24, 2.45) is 0 Å². The Morgan fingerprint density at radius 2 is 2.50 bits per heavy atom. The Hall–Kier alpha value is -0.0800. The van der Waals surface area contributed by atoms with Crippen molar-refractivity contribution in [1.82, 2.24) is 5.32 Å². The van der Waals surface area contributed by atoms with Gasteiger partial charge < -0.3 is 10.1 Å². The second kappa shape index (κ2) is 1.45. The fraction of sp³-hybridized carbons (Fsp3) is 0.833. The Morgan fingerprint density at radius 1 is 1.62 bits per heavy atom. The summed E-state index contributed by atoms with van der Waals surface area (Å²) in [6, 6.07) is 0. The molecule has 0 aromatic carbocycles. The molecule has 2 heteroatoms. The minimum atomic E-state index is 0.332. The average Bonchev–Trinajstić information content (AvgIpc) is 2.52. The summed E-state index contributed by atoms with van der Waals surface area (Å²) in [5, 5.41) is 3.39. The maximum atomic E-state index is 5.25. The van der Waals surface area contributed by atoms with Gasteiger partial charge in [0.1, 0.15) is 0 Å². The van der Waals surface area contributed by atoms with E-state index in [1.807, 2.05) is 0 Å². The molecule has 0 aromatic rings. The van der Waals surface area contributed by atoms with E-state index in [4.69, 9.17) is 4.74 Å². The van der Waals surface area contributed by atoms with Crippen LogP contribution in [0.2, 0.25) is 0 Å². The van der Waals surface area contributed by atoms with Crippen LogP contribution in [0.5, 0.6) is 0 Å². The molecule has 1 saturated carbocycles. The number of morpholine rings is 1. The molecule has 45 valence electrons. The maximum absolute atomic E-state index is 5.25. The third-order valence-electron chi connectivity index (χ3n) is 1.78. The van der Waals surface area contributed by atoms with E-state index in [1.54, 1.807) is 0 Å². The topological polar surface area (TPSA) is 21.3 Å². The second-order valence-electron chi connectivity index (χ2n) is 2.54. The van der Waals surface area contributed by atoms with Gasteiger partial charge in [0, 0.05) is 12.1 Å². The van der Waals surface area contributed by atoms with Crippen LogP contribution in [0.3, 0.4) is 0 Å². The van der Waals surface area contributed by atoms with E-state index in [1.165, 1.54) is 6.42 Å². The zero-order chi connectivity index (χ0) is 5.45. The van der Waals surface area contributed by atoms with E-state index in [-0.39, 0.29) is 0 Å². The first-order valence-electron chi connectivity index (χ1n) is 3.08. The van der Waals surface area contributed by atoms with Gasteiger partial charge in [-0.1, -0.05) is 0 Å². The van der Waals surface area contributed by atoms with E-state index < -0.39 is 0 Å². The Kier molecular flexibility index (Phi) is 0.866. The zero-order valence-corrected chi connectivity index (χ0v) is 4.81. The quantitative estimate of drug-likeness (QED) is 0.474. The predicted octanol–water partition coefficient (Wildman–Crippen LogP) is -0.0470. The first kappa shape index (κ1) is 4.77. The normalized spacial score (nSPS) is 33.0. The highest BCUT2D eigenvalue weighted by Crippen LogP contribution is 2.34. The molecule has 1 saturated heterocycles. The summed E-state index contributed by atoms with van der Waals surface area (Å²) in [5.74, 6) is 0. The van der Waals surface area contributed by atoms with Crippen LogP contribution in [0.1, 0.15) is 6.42 Å². The van der Waals surface area contributed by atoms with Crippen LogP contribution >= 0.6 is 0 Å². The highest BCUT2D eigenvalue weighted by atomic mass is 16.5. The molecule has 2 rings (SSSR count). The largest absolute Gasteiger partial charge is 0.378 e. The van der Waals surface area contributed by atoms with E-state index in [0.29, 0.717) is 5.54 Å². The molecule has 1 N–H and O–H groups in total. The molecule has 8 heavy (non-hydrogen) atoms. The minimum absolute atomic E-state index is 0.332. The Bertz CT molecular complexity index is 90.7. The molecule has 1 aliphatic carbocycles. The number of ether oxygens (including phenoxy) is 1. The molecule has 1 atom stereocenters. The molecule has 0 aromatic heterocycles. The molecule has 2 nitrogen and oxygen atoms in total. The van der Waals surface area contributed by atoms with Crippen molar-refractivity contribution in [1.29, 1.82) is 0 Å². The number of nitrogens with one attached hydrogen (secondary N) is 1. The first-order valence-corrected chi connectivity index (χ1v) is 3.08. The van der Waals surface area contributed by atoms with Crippen molar-refractivity contribution in [3.63, 3.8) is 0 Å². The minimum Gasteiger partial charge on any atom is -0.378 e. The third-order valence-corrected chi connectivity index (χ3v) is 1.78. The van der Waals surface area contributed by atoms with Crippen molar-refractivity contribution in [2.75, 3.05) is 19.8 Å². The van der Waals surface area contributed by atoms with Gasteiger partial charge in [-0.2, -0.15) is 0 Å². The van der Waals surface area contributed by atoms with Crippen LogP contribution < -0.4 is 5.32 Å². The van der Waals surface area contributed by atoms with Crippen LogP contribution in [-0.4, -0.2) is 25.3 Å². The number of rotatable bonds is 0. The lowest BCUT2D eigenvalue weighted by molar-refractivity contribution is 0.0723. The molecule has 1 unspecified atom stereocenters. The van der Waals surface area contributed by atoms with E-state index in [9.17, 15) is 0 Å². The lowest BCUT2D eigenvalue weighted by atomic mass is 10.3. The average molecular weight is 112 g/mol. The zero-order valence-electron chi connectivity index (χ0n) is 4.81. The van der Waals surface area contributed by atoms with Crippen LogP contribution in [0.25, 0.3) is 0 Å². The Balaban J connectivity index is 1.95. The summed E-state index contributed by atoms with van der Waals surface area (Å²) in [6.45, 7) is 2.80. The smallest absolute Gasteiger partial charge is 0.0651 e. The van der Waals surface area contributed by atoms with Crippen LogP contribution in [-0.2, 0) is 4.74 Å². The fourth-order valence-corrected chi connectivity index (χ4v) is 1.06. The lowest BCUT2D eigenvalue weighted by Gasteiger charge is -2.22. The number of hydrogen-bond acceptors (Lipinski definition) is 2. The highest BCUT2D eigenvalue weighted by Gasteiger charge is 2.44. The lowest BCUT2D eigenvalue weighted by Crippen LogP contribution is -2.43. The summed E-state index contributed by atoms with van der Waals surface area (Å²) in [5.41, 5.74) is 0.332. The van der Waals surface area contributed by atoms with Gasteiger partial charge in [-0.25, -0.2) is 0 Å². The van der Waals surface area contributed by atoms with Gasteiger partial charge in [-0.05, 0) is 12.8 Å². The molecule has 1 radical (unpaired) electrons. The van der Waals surface area contributed by atoms with E-state index >= 15 is 0 Å². The third kappa shape index (κ3) is 0.644. The second-order valence-corrected chi connectivity index (χ2v) is 2.54. The van der Waals surface area contributed by atoms with Crippen LogP contribution in [0, 0.1) is 6.42 Å². The van der Waals surface area contributed by atoms with Crippen molar-refractivity contribution in [2.45, 2.75) is 12.0 Å². The summed E-state index contributed by atoms with van der Waals surface area (Å²) < 4.78 is 5.25. The highest BCUT2D eigenvalue weighted by molar-refractivity contribution is 5.19. The van der Waals surface area contributed by atoms with Gasteiger partial charge in [-0.15, -0.1) is 0 Å². The molecule has 0 bridgehead atoms. The Morgan fingerprint density at radius 3 is 2.88 bits per heavy atom. The van der Waals surface area contributed by atoms with Crippen molar-refractivity contribution in [3.05, 3.63) is 6.42 Å². The van der Waals surface area contributed by atoms with Gasteiger partial charge in [0.25, 0.3) is 0 Å². The van der Waals surface area contributed by atoms with Crippen LogP contribution in [0.15, 0.2) is 0 Å². The summed E-state index contributed by atoms with van der Waals surface area (Å²) in [6.07, 6.45) is 3.47. The van der Waals surface area contributed by atoms with Crippen molar-refractivity contribution in [3.8, 4) is 0 Å². The number of hydrogen-bond donors (Lipinski definition) is 1. The standard InChI is InChI=1S/C6H10NO/c1-2-6(1)5-8-4-3-7-6/h1,7H,2-5H2. The molecular formula is C6H10NO. The van der Waals surface area contributed by atoms with Gasteiger partial charge in [0.2, 0.25) is 0 Å². The summed E-state index contributed by atoms with van der Waals surface area (Å²) >= 11 is 0. The predicted molar refractivity (Wildman–Crippen MR) is 30.5 cm³/mol. The van der Waals surface area contributed by atoms with Gasteiger partial charge in [0.05, 0.1) is 13.2 Å². The molecule has 2 aliphatic rings. The first-order chi connectivity index (χ1) is 3.91. The maximum Gasteiger partial charge on any atom is 0.0651 e. The van der Waals surface area contributed by atoms with E-state index in [0.717, 1.165) is 19.8 Å². The molecule has 1 heterocycles. The SMILES string of the molecule is [CH]1CC12COCCN2. The molecule has 2 fully saturated rings. The molecule has 1 aliphatic heterocycles. The molecular weight excluding hydrogens is 102 g/mol. The Labute approximate surface area is 49.2 Å². The van der Waals surface area contributed by atoms with Gasteiger partial charge in [0.15, 0.2) is 0 Å². The molecule has 1 spiro atoms. The molecule has 0 amide bonds. The van der Waals surface area contributed by atoms with Gasteiger partial charge in [-0.3, -0.25) is 0 Å². The fourth-order valence-electron chi connectivity index (χ4n) is 1.06. The summed E-state index contributed by atoms with van der Waals surface area (Å²) in [4.78, 5) is 0.